The average molecular weight is 306 g/mol. The highest BCUT2D eigenvalue weighted by Gasteiger charge is 2.22. The summed E-state index contributed by atoms with van der Waals surface area (Å²) < 4.78 is 0. The number of rotatable bonds is 6. The number of aromatic nitrogens is 2. The standard InChI is InChI=1S/C13H18N6OS/c1-7-6-9-11(17-13(19-14)18-12(9)21-7)15-5-4-10(20)16-8-2-3-8/h6,8H,2-5,14H2,1H3,(H,16,20)(H2,15,17,18,19). The minimum Gasteiger partial charge on any atom is -0.369 e. The van der Waals surface area contributed by atoms with Gasteiger partial charge in [-0.1, -0.05) is 0 Å². The number of nitrogens with two attached hydrogens (primary N) is 1. The molecule has 8 heteroatoms. The molecular formula is C13H18N6OS. The van der Waals surface area contributed by atoms with Crippen LogP contribution in [0.1, 0.15) is 24.1 Å². The summed E-state index contributed by atoms with van der Waals surface area (Å²) in [7, 11) is 0. The first-order valence-electron chi connectivity index (χ1n) is 6.94. The monoisotopic (exact) mass is 306 g/mol. The molecule has 5 N–H and O–H groups in total. The molecule has 21 heavy (non-hydrogen) atoms. The number of amides is 1. The molecule has 0 aliphatic heterocycles. The molecule has 1 fully saturated rings. The maximum absolute atomic E-state index is 11.7. The van der Waals surface area contributed by atoms with Crippen molar-refractivity contribution in [1.82, 2.24) is 15.3 Å². The Balaban J connectivity index is 1.68. The number of hydrogen-bond acceptors (Lipinski definition) is 7. The summed E-state index contributed by atoms with van der Waals surface area (Å²) in [6.45, 7) is 2.55. The molecule has 7 nitrogen and oxygen atoms in total. The number of nitrogens with one attached hydrogen (secondary N) is 3. The lowest BCUT2D eigenvalue weighted by Gasteiger charge is -2.08. The van der Waals surface area contributed by atoms with Crippen molar-refractivity contribution in [3.05, 3.63) is 10.9 Å². The first-order valence-corrected chi connectivity index (χ1v) is 7.75. The number of carbonyl (C=O) groups is 1. The summed E-state index contributed by atoms with van der Waals surface area (Å²) in [6.07, 6.45) is 2.63. The Morgan fingerprint density at radius 2 is 2.29 bits per heavy atom. The second-order valence-electron chi connectivity index (χ2n) is 5.13. The first kappa shape index (κ1) is 14.0. The second-order valence-corrected chi connectivity index (χ2v) is 6.37. The van der Waals surface area contributed by atoms with Crippen LogP contribution in [0.15, 0.2) is 6.07 Å². The maximum Gasteiger partial charge on any atom is 0.240 e. The lowest BCUT2D eigenvalue weighted by molar-refractivity contribution is -0.120. The topological polar surface area (TPSA) is 105 Å². The normalized spacial score (nSPS) is 14.2. The van der Waals surface area contributed by atoms with Gasteiger partial charge in [-0.2, -0.15) is 4.98 Å². The van der Waals surface area contributed by atoms with Crippen LogP contribution in [-0.4, -0.2) is 28.5 Å². The highest BCUT2D eigenvalue weighted by Crippen LogP contribution is 2.29. The van der Waals surface area contributed by atoms with Crippen LogP contribution in [0, 0.1) is 6.92 Å². The summed E-state index contributed by atoms with van der Waals surface area (Å²) in [5, 5.41) is 7.12. The lowest BCUT2D eigenvalue weighted by Crippen LogP contribution is -2.27. The summed E-state index contributed by atoms with van der Waals surface area (Å²) in [4.78, 5) is 22.3. The number of nitrogens with zero attached hydrogens (tertiary/aromatic N) is 2. The molecule has 2 aromatic rings. The fraction of sp³-hybridized carbons (Fsp3) is 0.462. The fourth-order valence-electron chi connectivity index (χ4n) is 2.06. The van der Waals surface area contributed by atoms with Crippen LogP contribution in [0.4, 0.5) is 11.8 Å². The largest absolute Gasteiger partial charge is 0.369 e. The smallest absolute Gasteiger partial charge is 0.240 e. The van der Waals surface area contributed by atoms with E-state index in [0.29, 0.717) is 30.8 Å². The predicted molar refractivity (Wildman–Crippen MR) is 84.2 cm³/mol. The van der Waals surface area contributed by atoms with Crippen LogP contribution in [0.5, 0.6) is 0 Å². The number of hydrazine groups is 1. The molecule has 0 aromatic carbocycles. The van der Waals surface area contributed by atoms with E-state index < -0.39 is 0 Å². The van der Waals surface area contributed by atoms with Gasteiger partial charge in [-0.05, 0) is 25.8 Å². The zero-order chi connectivity index (χ0) is 14.8. The molecule has 2 heterocycles. The van der Waals surface area contributed by atoms with Gasteiger partial charge in [0.05, 0.1) is 5.39 Å². The van der Waals surface area contributed by atoms with Crippen molar-refractivity contribution in [2.24, 2.45) is 5.84 Å². The van der Waals surface area contributed by atoms with Crippen LogP contribution < -0.4 is 21.9 Å². The third-order valence-corrected chi connectivity index (χ3v) is 4.18. The van der Waals surface area contributed by atoms with E-state index in [2.05, 4.69) is 26.0 Å². The molecule has 1 aliphatic carbocycles. The molecule has 112 valence electrons. The molecule has 0 bridgehead atoms. The molecule has 0 atom stereocenters. The Morgan fingerprint density at radius 1 is 1.48 bits per heavy atom. The van der Waals surface area contributed by atoms with Crippen molar-refractivity contribution < 1.29 is 4.79 Å². The lowest BCUT2D eigenvalue weighted by atomic mass is 10.3. The van der Waals surface area contributed by atoms with E-state index >= 15 is 0 Å². The number of thiophene rings is 1. The average Bonchev–Trinajstić information content (AvgIpc) is 3.17. The number of aryl methyl sites for hydroxylation is 1. The third-order valence-electron chi connectivity index (χ3n) is 3.23. The van der Waals surface area contributed by atoms with Crippen LogP contribution in [0.25, 0.3) is 10.2 Å². The SMILES string of the molecule is Cc1cc2c(NCCC(=O)NC3CC3)nc(NN)nc2s1. The van der Waals surface area contributed by atoms with E-state index in [-0.39, 0.29) is 5.91 Å². The Kier molecular flexibility index (Phi) is 3.89. The van der Waals surface area contributed by atoms with Crippen LogP contribution >= 0.6 is 11.3 Å². The highest BCUT2D eigenvalue weighted by atomic mass is 32.1. The Bertz CT molecular complexity index is 666. The minimum atomic E-state index is 0.0778. The van der Waals surface area contributed by atoms with Crippen molar-refractivity contribution in [2.75, 3.05) is 17.3 Å². The van der Waals surface area contributed by atoms with Gasteiger partial charge in [0.15, 0.2) is 0 Å². The molecule has 0 saturated heterocycles. The van der Waals surface area contributed by atoms with E-state index in [9.17, 15) is 4.79 Å². The van der Waals surface area contributed by atoms with Gasteiger partial charge in [-0.15, -0.1) is 11.3 Å². The van der Waals surface area contributed by atoms with Crippen LogP contribution in [-0.2, 0) is 4.79 Å². The highest BCUT2D eigenvalue weighted by molar-refractivity contribution is 7.18. The second kappa shape index (κ2) is 5.82. The molecular weight excluding hydrogens is 288 g/mol. The Hall–Kier alpha value is -1.93. The van der Waals surface area contributed by atoms with Gasteiger partial charge in [0, 0.05) is 23.9 Å². The molecule has 0 radical (unpaired) electrons. The number of hydrogen-bond donors (Lipinski definition) is 4. The molecule has 0 spiro atoms. The third kappa shape index (κ3) is 3.40. The van der Waals surface area contributed by atoms with E-state index in [1.54, 1.807) is 11.3 Å². The van der Waals surface area contributed by atoms with Gasteiger partial charge in [0.2, 0.25) is 11.9 Å². The number of anilines is 2. The van der Waals surface area contributed by atoms with E-state index in [4.69, 9.17) is 5.84 Å². The quantitative estimate of drug-likeness (QED) is 0.474. The molecule has 0 unspecified atom stereocenters. The number of carbonyl (C=O) groups excluding carboxylic acids is 1. The maximum atomic E-state index is 11.7. The van der Waals surface area contributed by atoms with Crippen molar-refractivity contribution in [2.45, 2.75) is 32.2 Å². The Morgan fingerprint density at radius 3 is 3.00 bits per heavy atom. The summed E-state index contributed by atoms with van der Waals surface area (Å²) >= 11 is 1.59. The van der Waals surface area contributed by atoms with Crippen molar-refractivity contribution in [1.29, 1.82) is 0 Å². The summed E-state index contributed by atoms with van der Waals surface area (Å²) in [6, 6.07) is 2.43. The van der Waals surface area contributed by atoms with Crippen LogP contribution in [0.3, 0.4) is 0 Å². The van der Waals surface area contributed by atoms with Crippen LogP contribution in [0.2, 0.25) is 0 Å². The summed E-state index contributed by atoms with van der Waals surface area (Å²) in [5.41, 5.74) is 2.47. The predicted octanol–water partition coefficient (Wildman–Crippen LogP) is 1.37. The molecule has 1 amide bonds. The zero-order valence-electron chi connectivity index (χ0n) is 11.8. The molecule has 1 saturated carbocycles. The van der Waals surface area contributed by atoms with E-state index in [1.165, 1.54) is 0 Å². The van der Waals surface area contributed by atoms with Gasteiger partial charge in [0.25, 0.3) is 0 Å². The van der Waals surface area contributed by atoms with Gasteiger partial charge in [0.1, 0.15) is 10.6 Å². The van der Waals surface area contributed by atoms with Crippen molar-refractivity contribution in [3.8, 4) is 0 Å². The minimum absolute atomic E-state index is 0.0778. The molecule has 1 aliphatic rings. The van der Waals surface area contributed by atoms with Gasteiger partial charge >= 0.3 is 0 Å². The van der Waals surface area contributed by atoms with Crippen molar-refractivity contribution in [3.63, 3.8) is 0 Å². The van der Waals surface area contributed by atoms with Gasteiger partial charge in [-0.25, -0.2) is 10.8 Å². The first-order chi connectivity index (χ1) is 10.2. The number of fused-ring (bicyclic) bond motifs is 1. The van der Waals surface area contributed by atoms with Crippen molar-refractivity contribution >= 4 is 39.2 Å². The van der Waals surface area contributed by atoms with E-state index in [1.807, 2.05) is 13.0 Å². The molecule has 2 aromatic heterocycles. The van der Waals surface area contributed by atoms with Gasteiger partial charge < -0.3 is 10.6 Å². The Labute approximate surface area is 126 Å². The van der Waals surface area contributed by atoms with Gasteiger partial charge in [-0.3, -0.25) is 10.2 Å². The fourth-order valence-corrected chi connectivity index (χ4v) is 2.94. The van der Waals surface area contributed by atoms with E-state index in [0.717, 1.165) is 27.9 Å². The zero-order valence-corrected chi connectivity index (χ0v) is 12.6. The number of nitrogen functional groups attached to an aromatic ring is 1. The molecule has 3 rings (SSSR count). The summed E-state index contributed by atoms with van der Waals surface area (Å²) in [5.74, 6) is 6.55.